The molecule has 0 N–H and O–H groups in total. The van der Waals surface area contributed by atoms with Crippen LogP contribution in [0.3, 0.4) is 0 Å². The van der Waals surface area contributed by atoms with Crippen molar-refractivity contribution in [3.05, 3.63) is 35.9 Å². The fourth-order valence-electron chi connectivity index (χ4n) is 2.03. The zero-order valence-electron chi connectivity index (χ0n) is 10.6. The summed E-state index contributed by atoms with van der Waals surface area (Å²) in [6.07, 6.45) is 0.848. The summed E-state index contributed by atoms with van der Waals surface area (Å²) >= 11 is 0. The topological polar surface area (TPSA) is 35.5 Å². The SMILES string of the molecule is CCOc1ccc(C=O)c2c(OCC)cccc12. The Hall–Kier alpha value is -2.03. The first-order chi connectivity index (χ1) is 8.81. The summed E-state index contributed by atoms with van der Waals surface area (Å²) in [5, 5.41) is 1.73. The first-order valence-corrected chi connectivity index (χ1v) is 6.08. The Labute approximate surface area is 106 Å². The van der Waals surface area contributed by atoms with Crippen LogP contribution in [0, 0.1) is 0 Å². The van der Waals surface area contributed by atoms with E-state index in [0.717, 1.165) is 28.6 Å². The van der Waals surface area contributed by atoms with Gasteiger partial charge in [-0.1, -0.05) is 12.1 Å². The van der Waals surface area contributed by atoms with E-state index in [1.165, 1.54) is 0 Å². The van der Waals surface area contributed by atoms with Gasteiger partial charge in [0.25, 0.3) is 0 Å². The van der Waals surface area contributed by atoms with Crippen LogP contribution < -0.4 is 9.47 Å². The molecule has 0 bridgehead atoms. The highest BCUT2D eigenvalue weighted by Gasteiger charge is 2.11. The molecule has 0 spiro atoms. The third-order valence-corrected chi connectivity index (χ3v) is 2.72. The van der Waals surface area contributed by atoms with Gasteiger partial charge in [0.2, 0.25) is 0 Å². The van der Waals surface area contributed by atoms with Crippen LogP contribution in [0.25, 0.3) is 10.8 Å². The molecule has 0 radical (unpaired) electrons. The number of carbonyl (C=O) groups excluding carboxylic acids is 1. The molecule has 0 saturated heterocycles. The second-order valence-corrected chi connectivity index (χ2v) is 3.82. The van der Waals surface area contributed by atoms with Crippen LogP contribution in [-0.4, -0.2) is 19.5 Å². The normalized spacial score (nSPS) is 10.3. The maximum Gasteiger partial charge on any atom is 0.150 e. The molecule has 3 heteroatoms. The van der Waals surface area contributed by atoms with Gasteiger partial charge in [-0.25, -0.2) is 0 Å². The Morgan fingerprint density at radius 2 is 1.72 bits per heavy atom. The lowest BCUT2D eigenvalue weighted by molar-refractivity contribution is 0.112. The van der Waals surface area contributed by atoms with Crippen LogP contribution in [0.15, 0.2) is 30.3 Å². The van der Waals surface area contributed by atoms with Crippen molar-refractivity contribution in [2.24, 2.45) is 0 Å². The van der Waals surface area contributed by atoms with Crippen molar-refractivity contribution in [2.75, 3.05) is 13.2 Å². The molecule has 0 aliphatic rings. The van der Waals surface area contributed by atoms with Crippen molar-refractivity contribution >= 4 is 17.1 Å². The summed E-state index contributed by atoms with van der Waals surface area (Å²) in [5.41, 5.74) is 0.623. The first kappa shape index (κ1) is 12.4. The molecule has 0 aliphatic carbocycles. The summed E-state index contributed by atoms with van der Waals surface area (Å²) in [4.78, 5) is 11.1. The Morgan fingerprint density at radius 1 is 1.00 bits per heavy atom. The van der Waals surface area contributed by atoms with Crippen LogP contribution in [-0.2, 0) is 0 Å². The molecule has 0 amide bonds. The Balaban J connectivity index is 2.72. The second kappa shape index (κ2) is 5.54. The molecule has 2 rings (SSSR count). The van der Waals surface area contributed by atoms with E-state index >= 15 is 0 Å². The Morgan fingerprint density at radius 3 is 2.39 bits per heavy atom. The fourth-order valence-corrected chi connectivity index (χ4v) is 2.03. The third-order valence-electron chi connectivity index (χ3n) is 2.72. The maximum absolute atomic E-state index is 11.1. The van der Waals surface area contributed by atoms with Crippen molar-refractivity contribution in [3.8, 4) is 11.5 Å². The fraction of sp³-hybridized carbons (Fsp3) is 0.267. The molecule has 3 nitrogen and oxygen atoms in total. The van der Waals surface area contributed by atoms with Crippen molar-refractivity contribution in [3.63, 3.8) is 0 Å². The lowest BCUT2D eigenvalue weighted by Gasteiger charge is -2.12. The van der Waals surface area contributed by atoms with Crippen molar-refractivity contribution in [1.29, 1.82) is 0 Å². The van der Waals surface area contributed by atoms with Gasteiger partial charge in [0.15, 0.2) is 6.29 Å². The zero-order valence-corrected chi connectivity index (χ0v) is 10.6. The average molecular weight is 244 g/mol. The van der Waals surface area contributed by atoms with E-state index in [9.17, 15) is 4.79 Å². The number of hydrogen-bond donors (Lipinski definition) is 0. The molecule has 18 heavy (non-hydrogen) atoms. The van der Waals surface area contributed by atoms with Gasteiger partial charge in [0.05, 0.1) is 13.2 Å². The summed E-state index contributed by atoms with van der Waals surface area (Å²) in [7, 11) is 0. The first-order valence-electron chi connectivity index (χ1n) is 6.08. The highest BCUT2D eigenvalue weighted by atomic mass is 16.5. The Kier molecular flexibility index (Phi) is 3.82. The molecule has 0 atom stereocenters. The van der Waals surface area contributed by atoms with E-state index in [0.29, 0.717) is 18.8 Å². The number of ether oxygens (including phenoxy) is 2. The number of fused-ring (bicyclic) bond motifs is 1. The average Bonchev–Trinajstić information content (AvgIpc) is 2.40. The summed E-state index contributed by atoms with van der Waals surface area (Å²) in [5.74, 6) is 1.50. The molecule has 0 aliphatic heterocycles. The number of rotatable bonds is 5. The van der Waals surface area contributed by atoms with E-state index in [1.54, 1.807) is 6.07 Å². The second-order valence-electron chi connectivity index (χ2n) is 3.82. The van der Waals surface area contributed by atoms with Crippen LogP contribution in [0.5, 0.6) is 11.5 Å². The van der Waals surface area contributed by atoms with Gasteiger partial charge in [-0.15, -0.1) is 0 Å². The van der Waals surface area contributed by atoms with Crippen LogP contribution >= 0.6 is 0 Å². The predicted octanol–water partition coefficient (Wildman–Crippen LogP) is 3.45. The van der Waals surface area contributed by atoms with Crippen LogP contribution in [0.1, 0.15) is 24.2 Å². The quantitative estimate of drug-likeness (QED) is 0.756. The molecule has 0 aromatic heterocycles. The molecule has 2 aromatic carbocycles. The smallest absolute Gasteiger partial charge is 0.150 e. The van der Waals surface area contributed by atoms with Crippen molar-refractivity contribution in [1.82, 2.24) is 0 Å². The largest absolute Gasteiger partial charge is 0.493 e. The van der Waals surface area contributed by atoms with Gasteiger partial charge in [-0.05, 0) is 32.0 Å². The van der Waals surface area contributed by atoms with Gasteiger partial charge < -0.3 is 9.47 Å². The Bertz CT molecular complexity index is 561. The monoisotopic (exact) mass is 244 g/mol. The van der Waals surface area contributed by atoms with E-state index in [2.05, 4.69) is 0 Å². The molecule has 0 fully saturated rings. The maximum atomic E-state index is 11.1. The van der Waals surface area contributed by atoms with Crippen LogP contribution in [0.4, 0.5) is 0 Å². The summed E-state index contributed by atoms with van der Waals surface area (Å²) in [6, 6.07) is 9.31. The third kappa shape index (κ3) is 2.16. The summed E-state index contributed by atoms with van der Waals surface area (Å²) in [6.45, 7) is 5.02. The van der Waals surface area contributed by atoms with Gasteiger partial charge in [-0.3, -0.25) is 4.79 Å². The zero-order chi connectivity index (χ0) is 13.0. The predicted molar refractivity (Wildman–Crippen MR) is 71.7 cm³/mol. The number of benzene rings is 2. The van der Waals surface area contributed by atoms with Gasteiger partial charge >= 0.3 is 0 Å². The van der Waals surface area contributed by atoms with Gasteiger partial charge in [-0.2, -0.15) is 0 Å². The molecule has 94 valence electrons. The minimum absolute atomic E-state index is 0.566. The van der Waals surface area contributed by atoms with Crippen LogP contribution in [0.2, 0.25) is 0 Å². The number of carbonyl (C=O) groups is 1. The lowest BCUT2D eigenvalue weighted by atomic mass is 10.0. The lowest BCUT2D eigenvalue weighted by Crippen LogP contribution is -1.97. The highest BCUT2D eigenvalue weighted by molar-refractivity contribution is 6.04. The van der Waals surface area contributed by atoms with Gasteiger partial charge in [0, 0.05) is 16.3 Å². The molecular weight excluding hydrogens is 228 g/mol. The van der Waals surface area contributed by atoms with Crippen molar-refractivity contribution < 1.29 is 14.3 Å². The molecular formula is C15H16O3. The van der Waals surface area contributed by atoms with Crippen molar-refractivity contribution in [2.45, 2.75) is 13.8 Å². The molecule has 2 aromatic rings. The standard InChI is InChI=1S/C15H16O3/c1-3-17-13-9-8-11(10-16)15-12(13)6-5-7-14(15)18-4-2/h5-10H,3-4H2,1-2H3. The van der Waals surface area contributed by atoms with E-state index < -0.39 is 0 Å². The van der Waals surface area contributed by atoms with E-state index in [-0.39, 0.29) is 0 Å². The number of aldehydes is 1. The van der Waals surface area contributed by atoms with Gasteiger partial charge in [0.1, 0.15) is 11.5 Å². The summed E-state index contributed by atoms with van der Waals surface area (Å²) < 4.78 is 11.2. The minimum atomic E-state index is 0.566. The molecule has 0 saturated carbocycles. The van der Waals surface area contributed by atoms with E-state index in [4.69, 9.17) is 9.47 Å². The highest BCUT2D eigenvalue weighted by Crippen LogP contribution is 2.34. The van der Waals surface area contributed by atoms with E-state index in [1.807, 2.05) is 38.1 Å². The number of hydrogen-bond acceptors (Lipinski definition) is 3. The molecule has 0 unspecified atom stereocenters. The molecule has 0 heterocycles. The minimum Gasteiger partial charge on any atom is -0.493 e.